The Bertz CT molecular complexity index is 584. The van der Waals surface area contributed by atoms with E-state index in [1.807, 2.05) is 19.3 Å². The van der Waals surface area contributed by atoms with Crippen molar-refractivity contribution in [1.82, 2.24) is 19.7 Å². The van der Waals surface area contributed by atoms with Crippen molar-refractivity contribution < 1.29 is 9.53 Å². The van der Waals surface area contributed by atoms with Gasteiger partial charge in [0.1, 0.15) is 12.4 Å². The number of pyridine rings is 1. The minimum absolute atomic E-state index is 0.0866. The molecule has 0 bridgehead atoms. The molecule has 0 aliphatic carbocycles. The first-order chi connectivity index (χ1) is 12.2. The highest BCUT2D eigenvalue weighted by atomic mass is 16.5. The van der Waals surface area contributed by atoms with Gasteiger partial charge in [-0.25, -0.2) is 4.98 Å². The molecular weight excluding hydrogens is 318 g/mol. The van der Waals surface area contributed by atoms with Crippen LogP contribution in [0.1, 0.15) is 0 Å². The summed E-state index contributed by atoms with van der Waals surface area (Å²) in [5, 5.41) is 0. The average Bonchev–Trinajstić information content (AvgIpc) is 2.62. The van der Waals surface area contributed by atoms with E-state index in [2.05, 4.69) is 31.8 Å². The largest absolute Gasteiger partial charge is 0.365 e. The molecule has 1 unspecified atom stereocenters. The molecule has 7 nitrogen and oxygen atoms in total. The van der Waals surface area contributed by atoms with Crippen molar-refractivity contribution in [2.75, 3.05) is 70.9 Å². The molecule has 1 aromatic rings. The Morgan fingerprint density at radius 2 is 1.96 bits per heavy atom. The fourth-order valence-electron chi connectivity index (χ4n) is 3.94. The zero-order valence-electron chi connectivity index (χ0n) is 14.9. The van der Waals surface area contributed by atoms with E-state index < -0.39 is 0 Å². The molecule has 3 fully saturated rings. The minimum Gasteiger partial charge on any atom is -0.365 e. The van der Waals surface area contributed by atoms with Gasteiger partial charge in [0.25, 0.3) is 0 Å². The number of carbonyl (C=O) groups excluding carboxylic acids is 1. The Kier molecular flexibility index (Phi) is 4.87. The molecule has 0 saturated carbocycles. The molecule has 3 aliphatic rings. The second-order valence-electron chi connectivity index (χ2n) is 7.29. The predicted molar refractivity (Wildman–Crippen MR) is 95.6 cm³/mol. The van der Waals surface area contributed by atoms with Crippen LogP contribution in [0.3, 0.4) is 0 Å². The van der Waals surface area contributed by atoms with E-state index in [0.717, 1.165) is 51.6 Å². The molecule has 1 atom stereocenters. The highest BCUT2D eigenvalue weighted by molar-refractivity contribution is 5.77. The standard InChI is InChI=1S/C18H27N5O2/c1-20-12-16(25-14-18(20)24)13-21-10-15(11-21)22-6-8-23(9-7-22)17-4-2-3-5-19-17/h2-5,15-16H,6-14H2,1H3. The first-order valence-electron chi connectivity index (χ1n) is 9.17. The Balaban J connectivity index is 1.18. The van der Waals surface area contributed by atoms with Gasteiger partial charge in [-0.2, -0.15) is 0 Å². The maximum atomic E-state index is 11.5. The zero-order valence-corrected chi connectivity index (χ0v) is 14.9. The van der Waals surface area contributed by atoms with Gasteiger partial charge in [-0.3, -0.25) is 14.6 Å². The molecule has 0 N–H and O–H groups in total. The quantitative estimate of drug-likeness (QED) is 0.750. The lowest BCUT2D eigenvalue weighted by Crippen LogP contribution is -2.64. The molecule has 7 heteroatoms. The number of hydrogen-bond acceptors (Lipinski definition) is 6. The van der Waals surface area contributed by atoms with E-state index in [4.69, 9.17) is 4.74 Å². The lowest BCUT2D eigenvalue weighted by atomic mass is 10.0. The highest BCUT2D eigenvalue weighted by Crippen LogP contribution is 2.20. The number of nitrogens with zero attached hydrogens (tertiary/aromatic N) is 5. The van der Waals surface area contributed by atoms with Gasteiger partial charge in [-0.15, -0.1) is 0 Å². The molecule has 25 heavy (non-hydrogen) atoms. The topological polar surface area (TPSA) is 52.1 Å². The number of ether oxygens (including phenoxy) is 1. The number of carbonyl (C=O) groups is 1. The van der Waals surface area contributed by atoms with Crippen LogP contribution in [0.25, 0.3) is 0 Å². The Morgan fingerprint density at radius 3 is 2.64 bits per heavy atom. The number of piperazine rings is 1. The van der Waals surface area contributed by atoms with E-state index in [1.54, 1.807) is 4.90 Å². The molecule has 4 heterocycles. The van der Waals surface area contributed by atoms with E-state index in [-0.39, 0.29) is 18.6 Å². The number of likely N-dealkylation sites (tertiary alicyclic amines) is 1. The summed E-state index contributed by atoms with van der Waals surface area (Å²) in [5.41, 5.74) is 0. The molecule has 1 amide bonds. The Hall–Kier alpha value is -1.70. The van der Waals surface area contributed by atoms with E-state index in [9.17, 15) is 4.79 Å². The van der Waals surface area contributed by atoms with Crippen molar-refractivity contribution >= 4 is 11.7 Å². The van der Waals surface area contributed by atoms with Crippen LogP contribution in [0.5, 0.6) is 0 Å². The van der Waals surface area contributed by atoms with Gasteiger partial charge in [0.05, 0.1) is 6.10 Å². The molecule has 3 aliphatic heterocycles. The fourth-order valence-corrected chi connectivity index (χ4v) is 3.94. The lowest BCUT2D eigenvalue weighted by Gasteiger charge is -2.49. The van der Waals surface area contributed by atoms with Crippen molar-refractivity contribution in [1.29, 1.82) is 0 Å². The van der Waals surface area contributed by atoms with Crippen LogP contribution in [0.2, 0.25) is 0 Å². The van der Waals surface area contributed by atoms with Gasteiger partial charge in [0.2, 0.25) is 5.91 Å². The number of aromatic nitrogens is 1. The van der Waals surface area contributed by atoms with Crippen LogP contribution < -0.4 is 4.90 Å². The first-order valence-corrected chi connectivity index (χ1v) is 9.17. The van der Waals surface area contributed by atoms with Crippen molar-refractivity contribution in [2.24, 2.45) is 0 Å². The summed E-state index contributed by atoms with van der Waals surface area (Å²) in [6.45, 7) is 8.40. The van der Waals surface area contributed by atoms with Gasteiger partial charge >= 0.3 is 0 Å². The van der Waals surface area contributed by atoms with Crippen molar-refractivity contribution in [3.05, 3.63) is 24.4 Å². The monoisotopic (exact) mass is 345 g/mol. The Labute approximate surface area is 149 Å². The summed E-state index contributed by atoms with van der Waals surface area (Å²) in [4.78, 5) is 25.1. The van der Waals surface area contributed by atoms with Gasteiger partial charge in [-0.1, -0.05) is 6.07 Å². The highest BCUT2D eigenvalue weighted by Gasteiger charge is 2.35. The summed E-state index contributed by atoms with van der Waals surface area (Å²) in [5.74, 6) is 1.18. The van der Waals surface area contributed by atoms with Crippen LogP contribution >= 0.6 is 0 Å². The average molecular weight is 345 g/mol. The summed E-state index contributed by atoms with van der Waals surface area (Å²) in [6.07, 6.45) is 2.02. The van der Waals surface area contributed by atoms with E-state index >= 15 is 0 Å². The first kappa shape index (κ1) is 16.8. The molecule has 0 radical (unpaired) electrons. The maximum absolute atomic E-state index is 11.5. The van der Waals surface area contributed by atoms with Crippen molar-refractivity contribution in [3.8, 4) is 0 Å². The smallest absolute Gasteiger partial charge is 0.248 e. The molecular formula is C18H27N5O2. The van der Waals surface area contributed by atoms with E-state index in [0.29, 0.717) is 12.6 Å². The lowest BCUT2D eigenvalue weighted by molar-refractivity contribution is -0.149. The number of anilines is 1. The van der Waals surface area contributed by atoms with Crippen molar-refractivity contribution in [2.45, 2.75) is 12.1 Å². The van der Waals surface area contributed by atoms with Crippen LogP contribution in [0.4, 0.5) is 5.82 Å². The second kappa shape index (κ2) is 7.27. The number of morpholine rings is 1. The maximum Gasteiger partial charge on any atom is 0.248 e. The Morgan fingerprint density at radius 1 is 1.16 bits per heavy atom. The minimum atomic E-state index is 0.0866. The predicted octanol–water partition coefficient (Wildman–Crippen LogP) is -0.255. The number of rotatable bonds is 4. The molecule has 3 saturated heterocycles. The molecule has 4 rings (SSSR count). The van der Waals surface area contributed by atoms with Crippen LogP contribution in [0.15, 0.2) is 24.4 Å². The molecule has 0 spiro atoms. The second-order valence-corrected chi connectivity index (χ2v) is 7.29. The number of amides is 1. The van der Waals surface area contributed by atoms with Crippen molar-refractivity contribution in [3.63, 3.8) is 0 Å². The van der Waals surface area contributed by atoms with E-state index in [1.165, 1.54) is 0 Å². The van der Waals surface area contributed by atoms with Gasteiger partial charge in [0, 0.05) is 71.6 Å². The summed E-state index contributed by atoms with van der Waals surface area (Å²) in [6, 6.07) is 6.77. The third-order valence-electron chi connectivity index (χ3n) is 5.55. The van der Waals surface area contributed by atoms with Crippen LogP contribution in [-0.2, 0) is 9.53 Å². The number of likely N-dealkylation sites (N-methyl/N-ethyl adjacent to an activating group) is 1. The van der Waals surface area contributed by atoms with Crippen LogP contribution in [0, 0.1) is 0 Å². The summed E-state index contributed by atoms with van der Waals surface area (Å²) in [7, 11) is 1.86. The number of hydrogen-bond donors (Lipinski definition) is 0. The molecule has 1 aromatic heterocycles. The zero-order chi connectivity index (χ0) is 17.2. The fraction of sp³-hybridized carbons (Fsp3) is 0.667. The molecule has 0 aromatic carbocycles. The van der Waals surface area contributed by atoms with Gasteiger partial charge in [-0.05, 0) is 12.1 Å². The van der Waals surface area contributed by atoms with Gasteiger partial charge < -0.3 is 14.5 Å². The summed E-state index contributed by atoms with van der Waals surface area (Å²) < 4.78 is 5.65. The van der Waals surface area contributed by atoms with Crippen LogP contribution in [-0.4, -0.2) is 104 Å². The third-order valence-corrected chi connectivity index (χ3v) is 5.55. The molecule has 136 valence electrons. The SMILES string of the molecule is CN1CC(CN2CC(N3CCN(c4ccccn4)CC3)C2)OCC1=O. The summed E-state index contributed by atoms with van der Waals surface area (Å²) >= 11 is 0. The normalized spacial score (nSPS) is 26.8. The third kappa shape index (κ3) is 3.78. The van der Waals surface area contributed by atoms with Gasteiger partial charge in [0.15, 0.2) is 0 Å².